The van der Waals surface area contributed by atoms with Crippen molar-refractivity contribution in [3.05, 3.63) is 28.8 Å². The standard InChI is InChI=1S/C12H17ClN2O2/c1-3-12(2,17)7-15-11(16)8-4-9(13)6-10(14)5-8/h4-6,17H,3,7,14H2,1-2H3,(H,15,16). The van der Waals surface area contributed by atoms with Crippen LogP contribution in [0.25, 0.3) is 0 Å². The van der Waals surface area contributed by atoms with E-state index in [1.54, 1.807) is 19.1 Å². The number of halogens is 1. The van der Waals surface area contributed by atoms with Gasteiger partial charge in [0.1, 0.15) is 0 Å². The highest BCUT2D eigenvalue weighted by Gasteiger charge is 2.19. The molecule has 1 amide bonds. The number of anilines is 1. The van der Waals surface area contributed by atoms with Crippen molar-refractivity contribution in [1.29, 1.82) is 0 Å². The summed E-state index contributed by atoms with van der Waals surface area (Å²) in [6.45, 7) is 3.71. The highest BCUT2D eigenvalue weighted by atomic mass is 35.5. The van der Waals surface area contributed by atoms with Gasteiger partial charge in [0.05, 0.1) is 5.60 Å². The van der Waals surface area contributed by atoms with Crippen LogP contribution in [-0.4, -0.2) is 23.2 Å². The van der Waals surface area contributed by atoms with Gasteiger partial charge < -0.3 is 16.2 Å². The molecule has 0 fully saturated rings. The second kappa shape index (κ2) is 5.38. The van der Waals surface area contributed by atoms with Crippen molar-refractivity contribution in [2.45, 2.75) is 25.9 Å². The second-order valence-corrected chi connectivity index (χ2v) is 4.74. The zero-order valence-electron chi connectivity index (χ0n) is 9.96. The third-order valence-electron chi connectivity index (χ3n) is 2.57. The number of aliphatic hydroxyl groups is 1. The molecule has 0 saturated carbocycles. The normalized spacial score (nSPS) is 14.1. The van der Waals surface area contributed by atoms with Crippen LogP contribution in [-0.2, 0) is 0 Å². The number of hydrogen-bond acceptors (Lipinski definition) is 3. The van der Waals surface area contributed by atoms with Crippen molar-refractivity contribution >= 4 is 23.2 Å². The topological polar surface area (TPSA) is 75.3 Å². The van der Waals surface area contributed by atoms with E-state index < -0.39 is 5.60 Å². The molecule has 1 rings (SSSR count). The zero-order chi connectivity index (χ0) is 13.1. The molecule has 0 saturated heterocycles. The van der Waals surface area contributed by atoms with Crippen LogP contribution in [0.3, 0.4) is 0 Å². The van der Waals surface area contributed by atoms with Crippen LogP contribution in [0.5, 0.6) is 0 Å². The van der Waals surface area contributed by atoms with Crippen LogP contribution in [0, 0.1) is 0 Å². The molecule has 0 radical (unpaired) electrons. The molecule has 4 N–H and O–H groups in total. The van der Waals surface area contributed by atoms with E-state index in [9.17, 15) is 9.90 Å². The molecule has 0 heterocycles. The van der Waals surface area contributed by atoms with Crippen molar-refractivity contribution in [3.8, 4) is 0 Å². The molecule has 5 heteroatoms. The number of nitrogen functional groups attached to an aromatic ring is 1. The molecule has 0 aliphatic heterocycles. The molecular formula is C12H17ClN2O2. The molecule has 0 aliphatic rings. The zero-order valence-corrected chi connectivity index (χ0v) is 10.7. The van der Waals surface area contributed by atoms with Gasteiger partial charge in [-0.1, -0.05) is 18.5 Å². The van der Waals surface area contributed by atoms with E-state index in [1.807, 2.05) is 6.92 Å². The largest absolute Gasteiger partial charge is 0.399 e. The SMILES string of the molecule is CCC(C)(O)CNC(=O)c1cc(N)cc(Cl)c1. The van der Waals surface area contributed by atoms with Crippen LogP contribution in [0.4, 0.5) is 5.69 Å². The fourth-order valence-electron chi connectivity index (χ4n) is 1.24. The molecular weight excluding hydrogens is 240 g/mol. The molecule has 17 heavy (non-hydrogen) atoms. The highest BCUT2D eigenvalue weighted by Crippen LogP contribution is 2.16. The number of rotatable bonds is 4. The van der Waals surface area contributed by atoms with E-state index >= 15 is 0 Å². The quantitative estimate of drug-likeness (QED) is 0.720. The van der Waals surface area contributed by atoms with E-state index in [2.05, 4.69) is 5.32 Å². The Morgan fingerprint density at radius 1 is 1.53 bits per heavy atom. The van der Waals surface area contributed by atoms with Gasteiger partial charge in [0.25, 0.3) is 5.91 Å². The lowest BCUT2D eigenvalue weighted by atomic mass is 10.0. The van der Waals surface area contributed by atoms with E-state index in [0.717, 1.165) is 0 Å². The molecule has 0 aromatic heterocycles. The maximum absolute atomic E-state index is 11.8. The number of amides is 1. The summed E-state index contributed by atoms with van der Waals surface area (Å²) in [4.78, 5) is 11.8. The summed E-state index contributed by atoms with van der Waals surface area (Å²) in [7, 11) is 0. The summed E-state index contributed by atoms with van der Waals surface area (Å²) >= 11 is 5.80. The van der Waals surface area contributed by atoms with Crippen LogP contribution >= 0.6 is 11.6 Å². The maximum Gasteiger partial charge on any atom is 0.251 e. The van der Waals surface area contributed by atoms with Gasteiger partial charge in [-0.15, -0.1) is 0 Å². The monoisotopic (exact) mass is 256 g/mol. The average Bonchev–Trinajstić information content (AvgIpc) is 2.24. The van der Waals surface area contributed by atoms with E-state index in [1.165, 1.54) is 6.07 Å². The highest BCUT2D eigenvalue weighted by molar-refractivity contribution is 6.31. The lowest BCUT2D eigenvalue weighted by molar-refractivity contribution is 0.0518. The predicted octanol–water partition coefficient (Wildman–Crippen LogP) is 1.81. The summed E-state index contributed by atoms with van der Waals surface area (Å²) in [6, 6.07) is 4.65. The molecule has 0 aliphatic carbocycles. The second-order valence-electron chi connectivity index (χ2n) is 4.31. The van der Waals surface area contributed by atoms with Crippen LogP contribution < -0.4 is 11.1 Å². The van der Waals surface area contributed by atoms with Crippen molar-refractivity contribution in [2.24, 2.45) is 0 Å². The fourth-order valence-corrected chi connectivity index (χ4v) is 1.48. The Morgan fingerprint density at radius 3 is 2.71 bits per heavy atom. The lowest BCUT2D eigenvalue weighted by Gasteiger charge is -2.21. The molecule has 1 aromatic rings. The third kappa shape index (κ3) is 4.24. The molecule has 1 atom stereocenters. The first-order chi connectivity index (χ1) is 7.84. The van der Waals surface area contributed by atoms with Crippen LogP contribution in [0.15, 0.2) is 18.2 Å². The van der Waals surface area contributed by atoms with Crippen molar-refractivity contribution in [1.82, 2.24) is 5.32 Å². The fraction of sp³-hybridized carbons (Fsp3) is 0.417. The minimum Gasteiger partial charge on any atom is -0.399 e. The lowest BCUT2D eigenvalue weighted by Crippen LogP contribution is -2.40. The summed E-state index contributed by atoms with van der Waals surface area (Å²) in [5, 5.41) is 12.8. The van der Waals surface area contributed by atoms with Crippen molar-refractivity contribution in [2.75, 3.05) is 12.3 Å². The van der Waals surface area contributed by atoms with Gasteiger partial charge in [-0.25, -0.2) is 0 Å². The van der Waals surface area contributed by atoms with Gasteiger partial charge in [-0.3, -0.25) is 4.79 Å². The van der Waals surface area contributed by atoms with Crippen LogP contribution in [0.2, 0.25) is 5.02 Å². The van der Waals surface area contributed by atoms with Gasteiger partial charge in [0.2, 0.25) is 0 Å². The van der Waals surface area contributed by atoms with E-state index in [0.29, 0.717) is 22.7 Å². The van der Waals surface area contributed by atoms with Gasteiger partial charge in [0, 0.05) is 22.8 Å². The van der Waals surface area contributed by atoms with Gasteiger partial charge in [-0.2, -0.15) is 0 Å². The number of carbonyl (C=O) groups is 1. The Hall–Kier alpha value is -1.26. The first-order valence-corrected chi connectivity index (χ1v) is 5.78. The molecule has 1 unspecified atom stereocenters. The average molecular weight is 257 g/mol. The number of carbonyl (C=O) groups excluding carboxylic acids is 1. The number of benzene rings is 1. The minimum absolute atomic E-state index is 0.189. The molecule has 0 spiro atoms. The minimum atomic E-state index is -0.903. The summed E-state index contributed by atoms with van der Waals surface area (Å²) in [5.74, 6) is -0.298. The number of hydrogen-bond donors (Lipinski definition) is 3. The Labute approximate surface area is 106 Å². The first-order valence-electron chi connectivity index (χ1n) is 5.41. The smallest absolute Gasteiger partial charge is 0.251 e. The Kier molecular flexibility index (Phi) is 4.37. The molecule has 4 nitrogen and oxygen atoms in total. The molecule has 94 valence electrons. The molecule has 0 bridgehead atoms. The first kappa shape index (κ1) is 13.8. The summed E-state index contributed by atoms with van der Waals surface area (Å²) in [6.07, 6.45) is 0.560. The summed E-state index contributed by atoms with van der Waals surface area (Å²) in [5.41, 5.74) is 5.51. The maximum atomic E-state index is 11.8. The van der Waals surface area contributed by atoms with Crippen molar-refractivity contribution < 1.29 is 9.90 Å². The van der Waals surface area contributed by atoms with Gasteiger partial charge >= 0.3 is 0 Å². The van der Waals surface area contributed by atoms with Gasteiger partial charge in [-0.05, 0) is 31.5 Å². The summed E-state index contributed by atoms with van der Waals surface area (Å²) < 4.78 is 0. The number of nitrogens with one attached hydrogen (secondary N) is 1. The Morgan fingerprint density at radius 2 is 2.18 bits per heavy atom. The van der Waals surface area contributed by atoms with Crippen molar-refractivity contribution in [3.63, 3.8) is 0 Å². The van der Waals surface area contributed by atoms with Gasteiger partial charge in [0.15, 0.2) is 0 Å². The van der Waals surface area contributed by atoms with E-state index in [-0.39, 0.29) is 12.5 Å². The van der Waals surface area contributed by atoms with Crippen LogP contribution in [0.1, 0.15) is 30.6 Å². The van der Waals surface area contributed by atoms with E-state index in [4.69, 9.17) is 17.3 Å². The Bertz CT molecular complexity index is 399. The Balaban J connectivity index is 2.70. The number of nitrogens with two attached hydrogens (primary N) is 1. The predicted molar refractivity (Wildman–Crippen MR) is 69.1 cm³/mol. The molecule has 1 aromatic carbocycles. The third-order valence-corrected chi connectivity index (χ3v) is 2.79.